The van der Waals surface area contributed by atoms with Gasteiger partial charge in [0, 0.05) is 11.5 Å². The Morgan fingerprint density at radius 1 is 1.33 bits per heavy atom. The summed E-state index contributed by atoms with van der Waals surface area (Å²) >= 11 is 6.11. The molecule has 1 aromatic heterocycles. The maximum Gasteiger partial charge on any atom is 0.356 e. The highest BCUT2D eigenvalue weighted by Gasteiger charge is 2.15. The van der Waals surface area contributed by atoms with Gasteiger partial charge in [0.1, 0.15) is 5.75 Å². The number of methoxy groups -OCH3 is 2. The van der Waals surface area contributed by atoms with Crippen molar-refractivity contribution in [1.29, 1.82) is 0 Å². The summed E-state index contributed by atoms with van der Waals surface area (Å²) in [5, 5.41) is 1.28. The Balaban J connectivity index is 2.83. The molecule has 18 heavy (non-hydrogen) atoms. The second-order valence-electron chi connectivity index (χ2n) is 3.79. The molecule has 0 radical (unpaired) electrons. The van der Waals surface area contributed by atoms with Crippen LogP contribution in [0.4, 0.5) is 0 Å². The average molecular weight is 266 g/mol. The fourth-order valence-electron chi connectivity index (χ4n) is 1.81. The molecule has 0 bridgehead atoms. The molecule has 0 aliphatic rings. The fourth-order valence-corrected chi connectivity index (χ4v) is 2.01. The molecule has 0 fully saturated rings. The van der Waals surface area contributed by atoms with E-state index in [0.29, 0.717) is 16.3 Å². The van der Waals surface area contributed by atoms with Gasteiger partial charge in [-0.05, 0) is 18.6 Å². The number of esters is 1. The zero-order valence-electron chi connectivity index (χ0n) is 10.3. The summed E-state index contributed by atoms with van der Waals surface area (Å²) in [5.41, 5.74) is 1.70. The Labute approximate surface area is 109 Å². The number of halogens is 1. The maximum absolute atomic E-state index is 11.5. The summed E-state index contributed by atoms with van der Waals surface area (Å²) in [5.74, 6) is 0.0353. The van der Waals surface area contributed by atoms with E-state index in [1.165, 1.54) is 14.2 Å². The van der Waals surface area contributed by atoms with Crippen LogP contribution in [0.1, 0.15) is 16.1 Å². The van der Waals surface area contributed by atoms with Crippen LogP contribution < -0.4 is 4.74 Å². The topological polar surface area (TPSA) is 48.4 Å². The highest BCUT2D eigenvalue weighted by Crippen LogP contribution is 2.32. The molecule has 0 aliphatic heterocycles. The van der Waals surface area contributed by atoms with Crippen LogP contribution in [-0.2, 0) is 4.74 Å². The summed E-state index contributed by atoms with van der Waals surface area (Å²) in [6.07, 6.45) is 0. The Bertz CT molecular complexity index is 625. The van der Waals surface area contributed by atoms with Gasteiger partial charge in [0.25, 0.3) is 0 Å². The van der Waals surface area contributed by atoms with Crippen molar-refractivity contribution in [3.8, 4) is 5.75 Å². The lowest BCUT2D eigenvalue weighted by atomic mass is 10.1. The number of benzene rings is 1. The highest BCUT2D eigenvalue weighted by molar-refractivity contribution is 6.35. The minimum Gasteiger partial charge on any atom is -0.496 e. The van der Waals surface area contributed by atoms with E-state index in [9.17, 15) is 4.79 Å². The number of ether oxygens (including phenoxy) is 2. The summed E-state index contributed by atoms with van der Waals surface area (Å²) in [6.45, 7) is 1.93. The Morgan fingerprint density at radius 3 is 2.67 bits per heavy atom. The SMILES string of the molecule is COC(=O)c1cc(OC)c2c(C)ccc(Cl)c2n1. The van der Waals surface area contributed by atoms with Gasteiger partial charge in [-0.25, -0.2) is 9.78 Å². The average Bonchev–Trinajstić information content (AvgIpc) is 2.40. The quantitative estimate of drug-likeness (QED) is 0.783. The Hall–Kier alpha value is -1.81. The predicted molar refractivity (Wildman–Crippen MR) is 69.4 cm³/mol. The summed E-state index contributed by atoms with van der Waals surface area (Å²) in [6, 6.07) is 5.18. The van der Waals surface area contributed by atoms with Crippen molar-refractivity contribution in [3.05, 3.63) is 34.5 Å². The van der Waals surface area contributed by atoms with Crippen molar-refractivity contribution < 1.29 is 14.3 Å². The first-order valence-electron chi connectivity index (χ1n) is 5.30. The van der Waals surface area contributed by atoms with Crippen molar-refractivity contribution in [2.24, 2.45) is 0 Å². The number of hydrogen-bond donors (Lipinski definition) is 0. The first kappa shape index (κ1) is 12.6. The third-order valence-corrected chi connectivity index (χ3v) is 3.00. The number of pyridine rings is 1. The minimum atomic E-state index is -0.521. The molecular formula is C13H12ClNO3. The lowest BCUT2D eigenvalue weighted by molar-refractivity contribution is 0.0594. The molecular weight excluding hydrogens is 254 g/mol. The molecule has 0 saturated carbocycles. The normalized spacial score (nSPS) is 10.4. The molecule has 5 heteroatoms. The molecule has 0 spiro atoms. The summed E-state index contributed by atoms with van der Waals surface area (Å²) in [7, 11) is 2.84. The largest absolute Gasteiger partial charge is 0.496 e. The van der Waals surface area contributed by atoms with E-state index < -0.39 is 5.97 Å². The van der Waals surface area contributed by atoms with Crippen molar-refractivity contribution in [3.63, 3.8) is 0 Å². The molecule has 0 N–H and O–H groups in total. The van der Waals surface area contributed by atoms with Gasteiger partial charge < -0.3 is 9.47 Å². The number of fused-ring (bicyclic) bond motifs is 1. The third-order valence-electron chi connectivity index (χ3n) is 2.70. The van der Waals surface area contributed by atoms with Crippen molar-refractivity contribution in [2.45, 2.75) is 6.92 Å². The van der Waals surface area contributed by atoms with E-state index in [1.54, 1.807) is 12.1 Å². The van der Waals surface area contributed by atoms with Gasteiger partial charge in [-0.1, -0.05) is 17.7 Å². The first-order chi connectivity index (χ1) is 8.58. The van der Waals surface area contributed by atoms with Gasteiger partial charge in [0.05, 0.1) is 24.8 Å². The third kappa shape index (κ3) is 1.99. The summed E-state index contributed by atoms with van der Waals surface area (Å²) in [4.78, 5) is 15.8. The molecule has 0 amide bonds. The van der Waals surface area contributed by atoms with Gasteiger partial charge in [0.2, 0.25) is 0 Å². The van der Waals surface area contributed by atoms with Crippen LogP contribution in [0.25, 0.3) is 10.9 Å². The molecule has 0 unspecified atom stereocenters. The van der Waals surface area contributed by atoms with Gasteiger partial charge in [0.15, 0.2) is 5.69 Å². The number of rotatable bonds is 2. The Kier molecular flexibility index (Phi) is 3.39. The van der Waals surface area contributed by atoms with Crippen molar-refractivity contribution in [1.82, 2.24) is 4.98 Å². The second-order valence-corrected chi connectivity index (χ2v) is 4.20. The second kappa shape index (κ2) is 4.82. The van der Waals surface area contributed by atoms with Crippen LogP contribution in [0, 0.1) is 6.92 Å². The molecule has 2 aromatic rings. The monoisotopic (exact) mass is 265 g/mol. The maximum atomic E-state index is 11.5. The number of hydrogen-bond acceptors (Lipinski definition) is 4. The standard InChI is InChI=1S/C13H12ClNO3/c1-7-4-5-8(14)12-11(7)10(17-2)6-9(15-12)13(16)18-3/h4-6H,1-3H3. The van der Waals surface area contributed by atoms with Gasteiger partial charge in [-0.3, -0.25) is 0 Å². The molecule has 2 rings (SSSR count). The number of carbonyl (C=O) groups excluding carboxylic acids is 1. The summed E-state index contributed by atoms with van der Waals surface area (Å²) < 4.78 is 9.95. The predicted octanol–water partition coefficient (Wildman–Crippen LogP) is 2.99. The van der Waals surface area contributed by atoms with E-state index >= 15 is 0 Å². The fraction of sp³-hybridized carbons (Fsp3) is 0.231. The van der Waals surface area contributed by atoms with Crippen LogP contribution in [-0.4, -0.2) is 25.2 Å². The molecule has 4 nitrogen and oxygen atoms in total. The van der Waals surface area contributed by atoms with Crippen LogP contribution in [0.5, 0.6) is 5.75 Å². The smallest absolute Gasteiger partial charge is 0.356 e. The van der Waals surface area contributed by atoms with Crippen LogP contribution in [0.3, 0.4) is 0 Å². The zero-order valence-corrected chi connectivity index (χ0v) is 11.0. The highest BCUT2D eigenvalue weighted by atomic mass is 35.5. The number of nitrogens with zero attached hydrogens (tertiary/aromatic N) is 1. The number of aromatic nitrogens is 1. The lowest BCUT2D eigenvalue weighted by Gasteiger charge is -2.10. The molecule has 1 heterocycles. The van der Waals surface area contributed by atoms with Gasteiger partial charge in [-0.15, -0.1) is 0 Å². The molecule has 1 aromatic carbocycles. The van der Waals surface area contributed by atoms with Crippen molar-refractivity contribution in [2.75, 3.05) is 14.2 Å². The van der Waals surface area contributed by atoms with Crippen LogP contribution >= 0.6 is 11.6 Å². The van der Waals surface area contributed by atoms with E-state index in [0.717, 1.165) is 10.9 Å². The lowest BCUT2D eigenvalue weighted by Crippen LogP contribution is -2.05. The molecule has 0 aliphatic carbocycles. The number of carbonyl (C=O) groups is 1. The van der Waals surface area contributed by atoms with Gasteiger partial charge >= 0.3 is 5.97 Å². The molecule has 0 saturated heterocycles. The Morgan fingerprint density at radius 2 is 2.06 bits per heavy atom. The first-order valence-corrected chi connectivity index (χ1v) is 5.68. The minimum absolute atomic E-state index is 0.175. The van der Waals surface area contributed by atoms with Gasteiger partial charge in [-0.2, -0.15) is 0 Å². The van der Waals surface area contributed by atoms with E-state index in [2.05, 4.69) is 9.72 Å². The molecule has 94 valence electrons. The van der Waals surface area contributed by atoms with E-state index in [1.807, 2.05) is 13.0 Å². The zero-order chi connectivity index (χ0) is 13.3. The van der Waals surface area contributed by atoms with E-state index in [-0.39, 0.29) is 5.69 Å². The van der Waals surface area contributed by atoms with E-state index in [4.69, 9.17) is 16.3 Å². The molecule has 0 atom stereocenters. The van der Waals surface area contributed by atoms with Crippen LogP contribution in [0.15, 0.2) is 18.2 Å². The number of aryl methyl sites for hydroxylation is 1. The van der Waals surface area contributed by atoms with Crippen molar-refractivity contribution >= 4 is 28.5 Å². The van der Waals surface area contributed by atoms with Crippen LogP contribution in [0.2, 0.25) is 5.02 Å².